The van der Waals surface area contributed by atoms with Crippen molar-refractivity contribution in [2.75, 3.05) is 14.2 Å². The van der Waals surface area contributed by atoms with Crippen LogP contribution in [0.4, 0.5) is 0 Å². The van der Waals surface area contributed by atoms with Gasteiger partial charge in [0.05, 0.1) is 26.1 Å². The molecule has 0 N–H and O–H groups in total. The van der Waals surface area contributed by atoms with E-state index in [4.69, 9.17) is 30.2 Å². The standard InChI is InChI=1S/C26H19ClN4O4S/c1-32-19-9-16(14-34-18-7-8-28-21(10-18)15-3-5-17(27)6-4-15)20-12-24(35-23(20)11-19)22-13-31-25(29-22)36-26(30-31)33-2/h3-13H,14H2,1-2H3. The Balaban J connectivity index is 1.30. The molecule has 0 amide bonds. The molecule has 36 heavy (non-hydrogen) atoms. The summed E-state index contributed by atoms with van der Waals surface area (Å²) in [6.45, 7) is 0.313. The number of fused-ring (bicyclic) bond motifs is 2. The highest BCUT2D eigenvalue weighted by Gasteiger charge is 2.17. The highest BCUT2D eigenvalue weighted by Crippen LogP contribution is 2.34. The first-order chi connectivity index (χ1) is 17.6. The van der Waals surface area contributed by atoms with E-state index >= 15 is 0 Å². The molecule has 4 aromatic heterocycles. The van der Waals surface area contributed by atoms with Crippen LogP contribution in [0.2, 0.25) is 5.02 Å². The SMILES string of the molecule is COc1cc(COc2ccnc(-c3ccc(Cl)cc3)c2)c2cc(-c3cn4nc(OC)sc4n3)oc2c1. The first-order valence-corrected chi connectivity index (χ1v) is 12.1. The maximum absolute atomic E-state index is 6.16. The lowest BCUT2D eigenvalue weighted by molar-refractivity contribution is 0.306. The number of aromatic nitrogens is 4. The molecule has 10 heteroatoms. The van der Waals surface area contributed by atoms with Crippen molar-refractivity contribution in [3.05, 3.63) is 77.6 Å². The number of nitrogens with zero attached hydrogens (tertiary/aromatic N) is 4. The van der Waals surface area contributed by atoms with E-state index in [0.717, 1.165) is 27.2 Å². The molecule has 0 aliphatic heterocycles. The Labute approximate surface area is 214 Å². The number of benzene rings is 2. The Morgan fingerprint density at radius 2 is 1.83 bits per heavy atom. The Morgan fingerprint density at radius 3 is 2.61 bits per heavy atom. The Bertz CT molecular complexity index is 1660. The second kappa shape index (κ2) is 9.18. The molecule has 6 aromatic rings. The molecule has 0 bridgehead atoms. The highest BCUT2D eigenvalue weighted by molar-refractivity contribution is 7.18. The number of rotatable bonds is 7. The fourth-order valence-corrected chi connectivity index (χ4v) is 4.70. The Kier molecular flexibility index (Phi) is 5.71. The molecule has 0 radical (unpaired) electrons. The summed E-state index contributed by atoms with van der Waals surface area (Å²) in [6, 6.07) is 17.0. The maximum atomic E-state index is 6.16. The van der Waals surface area contributed by atoms with Crippen molar-refractivity contribution in [1.82, 2.24) is 19.6 Å². The van der Waals surface area contributed by atoms with Crippen LogP contribution in [0.3, 0.4) is 0 Å². The van der Waals surface area contributed by atoms with Crippen molar-refractivity contribution >= 4 is 38.9 Å². The van der Waals surface area contributed by atoms with Crippen molar-refractivity contribution in [1.29, 1.82) is 0 Å². The number of hydrogen-bond acceptors (Lipinski definition) is 8. The fourth-order valence-electron chi connectivity index (χ4n) is 3.87. The molecular formula is C26H19ClN4O4S. The maximum Gasteiger partial charge on any atom is 0.294 e. The first-order valence-electron chi connectivity index (χ1n) is 11.0. The summed E-state index contributed by atoms with van der Waals surface area (Å²) >= 11 is 7.37. The van der Waals surface area contributed by atoms with Crippen LogP contribution in [0.15, 0.2) is 71.4 Å². The van der Waals surface area contributed by atoms with Crippen LogP contribution < -0.4 is 14.2 Å². The van der Waals surface area contributed by atoms with E-state index in [2.05, 4.69) is 15.1 Å². The minimum absolute atomic E-state index is 0.313. The van der Waals surface area contributed by atoms with Crippen molar-refractivity contribution < 1.29 is 18.6 Å². The van der Waals surface area contributed by atoms with Crippen LogP contribution in [0.5, 0.6) is 16.7 Å². The molecule has 0 aliphatic carbocycles. The molecule has 0 fully saturated rings. The van der Waals surface area contributed by atoms with E-state index in [1.807, 2.05) is 60.8 Å². The van der Waals surface area contributed by atoms with E-state index in [9.17, 15) is 0 Å². The predicted molar refractivity (Wildman–Crippen MR) is 138 cm³/mol. The minimum atomic E-state index is 0.313. The van der Waals surface area contributed by atoms with Gasteiger partial charge in [0.1, 0.15) is 29.4 Å². The summed E-state index contributed by atoms with van der Waals surface area (Å²) in [7, 11) is 3.21. The minimum Gasteiger partial charge on any atom is -0.497 e. The second-order valence-corrected chi connectivity index (χ2v) is 9.26. The summed E-state index contributed by atoms with van der Waals surface area (Å²) in [5.74, 6) is 2.00. The van der Waals surface area contributed by atoms with Crippen LogP contribution in [-0.2, 0) is 6.61 Å². The van der Waals surface area contributed by atoms with E-state index in [-0.39, 0.29) is 0 Å². The fraction of sp³-hybridized carbons (Fsp3) is 0.115. The molecule has 0 spiro atoms. The molecule has 2 aromatic carbocycles. The number of hydrogen-bond donors (Lipinski definition) is 0. The lowest BCUT2D eigenvalue weighted by Gasteiger charge is -2.10. The average Bonchev–Trinajstić information content (AvgIpc) is 3.60. The lowest BCUT2D eigenvalue weighted by Crippen LogP contribution is -1.97. The molecule has 4 heterocycles. The van der Waals surface area contributed by atoms with Crippen molar-refractivity contribution in [2.45, 2.75) is 6.61 Å². The van der Waals surface area contributed by atoms with Crippen molar-refractivity contribution in [2.24, 2.45) is 0 Å². The third-order valence-electron chi connectivity index (χ3n) is 5.65. The summed E-state index contributed by atoms with van der Waals surface area (Å²) in [6.07, 6.45) is 3.54. The zero-order valence-corrected chi connectivity index (χ0v) is 20.8. The number of halogens is 1. The van der Waals surface area contributed by atoms with E-state index in [0.29, 0.717) is 45.4 Å². The van der Waals surface area contributed by atoms with E-state index in [1.165, 1.54) is 11.3 Å². The molecule has 0 aliphatic rings. The lowest BCUT2D eigenvalue weighted by atomic mass is 10.1. The zero-order chi connectivity index (χ0) is 24.6. The monoisotopic (exact) mass is 518 g/mol. The largest absolute Gasteiger partial charge is 0.497 e. The van der Waals surface area contributed by atoms with Crippen molar-refractivity contribution in [3.8, 4) is 39.4 Å². The molecule has 0 saturated heterocycles. The normalized spacial score (nSPS) is 11.3. The smallest absolute Gasteiger partial charge is 0.294 e. The quantitative estimate of drug-likeness (QED) is 0.238. The first kappa shape index (κ1) is 22.4. The molecular weight excluding hydrogens is 500 g/mol. The number of methoxy groups -OCH3 is 2. The van der Waals surface area contributed by atoms with Crippen LogP contribution in [0, 0.1) is 0 Å². The third-order valence-corrected chi connectivity index (χ3v) is 6.79. The number of imidazole rings is 1. The molecule has 0 unspecified atom stereocenters. The van der Waals surface area contributed by atoms with Crippen LogP contribution in [-0.4, -0.2) is 33.8 Å². The van der Waals surface area contributed by atoms with Crippen LogP contribution in [0.1, 0.15) is 5.56 Å². The van der Waals surface area contributed by atoms with Gasteiger partial charge >= 0.3 is 0 Å². The van der Waals surface area contributed by atoms with Gasteiger partial charge in [-0.15, -0.1) is 5.10 Å². The molecule has 8 nitrogen and oxygen atoms in total. The summed E-state index contributed by atoms with van der Waals surface area (Å²) in [5.41, 5.74) is 4.04. The molecule has 180 valence electrons. The van der Waals surface area contributed by atoms with Gasteiger partial charge in [-0.1, -0.05) is 23.7 Å². The zero-order valence-electron chi connectivity index (χ0n) is 19.3. The topological polar surface area (TPSA) is 83.9 Å². The number of furan rings is 1. The van der Waals surface area contributed by atoms with Gasteiger partial charge in [-0.05, 0) is 41.7 Å². The van der Waals surface area contributed by atoms with Gasteiger partial charge in [-0.25, -0.2) is 9.50 Å². The predicted octanol–water partition coefficient (Wildman–Crippen LogP) is 6.52. The highest BCUT2D eigenvalue weighted by atomic mass is 35.5. The Morgan fingerprint density at radius 1 is 0.972 bits per heavy atom. The van der Waals surface area contributed by atoms with Gasteiger partial charge in [-0.3, -0.25) is 4.98 Å². The van der Waals surface area contributed by atoms with Gasteiger partial charge in [0.25, 0.3) is 5.19 Å². The summed E-state index contributed by atoms with van der Waals surface area (Å²) < 4.78 is 24.7. The molecule has 0 saturated carbocycles. The van der Waals surface area contributed by atoms with E-state index in [1.54, 1.807) is 24.9 Å². The van der Waals surface area contributed by atoms with Crippen LogP contribution >= 0.6 is 22.9 Å². The molecule has 6 rings (SSSR count). The Hall–Kier alpha value is -4.08. The van der Waals surface area contributed by atoms with Gasteiger partial charge < -0.3 is 18.6 Å². The van der Waals surface area contributed by atoms with Gasteiger partial charge in [-0.2, -0.15) is 0 Å². The summed E-state index contributed by atoms with van der Waals surface area (Å²) in [4.78, 5) is 9.80. The molecule has 0 atom stereocenters. The second-order valence-electron chi connectivity index (χ2n) is 7.91. The average molecular weight is 519 g/mol. The van der Waals surface area contributed by atoms with E-state index < -0.39 is 0 Å². The van der Waals surface area contributed by atoms with Crippen molar-refractivity contribution in [3.63, 3.8) is 0 Å². The van der Waals surface area contributed by atoms with Gasteiger partial charge in [0, 0.05) is 39.9 Å². The van der Waals surface area contributed by atoms with Gasteiger partial charge in [0.15, 0.2) is 5.76 Å². The third kappa shape index (κ3) is 4.23. The van der Waals surface area contributed by atoms with Crippen LogP contribution in [0.25, 0.3) is 38.6 Å². The number of pyridine rings is 1. The number of ether oxygens (including phenoxy) is 3. The summed E-state index contributed by atoms with van der Waals surface area (Å²) in [5, 5.41) is 6.47. The van der Waals surface area contributed by atoms with Gasteiger partial charge in [0.2, 0.25) is 4.96 Å².